The van der Waals surface area contributed by atoms with Gasteiger partial charge in [-0.2, -0.15) is 0 Å². The summed E-state index contributed by atoms with van der Waals surface area (Å²) in [4.78, 5) is 4.07. The smallest absolute Gasteiger partial charge is 0.228 e. The van der Waals surface area contributed by atoms with E-state index in [0.717, 1.165) is 29.5 Å². The van der Waals surface area contributed by atoms with Crippen molar-refractivity contribution < 1.29 is 8.42 Å². The SMILES string of the molecule is Cc1cc(C)cc(CS(=O)(=O)c2nccn2C2CC2)c1. The molecule has 0 atom stereocenters. The molecule has 2 aromatic rings. The summed E-state index contributed by atoms with van der Waals surface area (Å²) in [7, 11) is -3.39. The Morgan fingerprint density at radius 2 is 1.85 bits per heavy atom. The number of hydrogen-bond donors (Lipinski definition) is 0. The molecule has 0 saturated heterocycles. The van der Waals surface area contributed by atoms with Crippen LogP contribution in [-0.4, -0.2) is 18.0 Å². The first-order valence-corrected chi connectivity index (χ1v) is 8.44. The molecule has 1 saturated carbocycles. The minimum absolute atomic E-state index is 0.0131. The van der Waals surface area contributed by atoms with Crippen molar-refractivity contribution in [3.8, 4) is 0 Å². The minimum atomic E-state index is -3.39. The Bertz CT molecular complexity index is 723. The number of benzene rings is 1. The van der Waals surface area contributed by atoms with Crippen LogP contribution in [0.1, 0.15) is 35.6 Å². The largest absolute Gasteiger partial charge is 0.319 e. The Morgan fingerprint density at radius 3 is 2.45 bits per heavy atom. The van der Waals surface area contributed by atoms with Crippen LogP contribution in [0, 0.1) is 13.8 Å². The van der Waals surface area contributed by atoms with E-state index in [0.29, 0.717) is 6.04 Å². The number of sulfone groups is 1. The summed E-state index contributed by atoms with van der Waals surface area (Å²) in [6, 6.07) is 6.21. The Kier molecular flexibility index (Phi) is 3.17. The average Bonchev–Trinajstić information content (AvgIpc) is 3.04. The van der Waals surface area contributed by atoms with Crippen LogP contribution in [0.3, 0.4) is 0 Å². The highest BCUT2D eigenvalue weighted by atomic mass is 32.2. The fraction of sp³-hybridized carbons (Fsp3) is 0.400. The first kappa shape index (κ1) is 13.4. The van der Waals surface area contributed by atoms with Gasteiger partial charge in [0.2, 0.25) is 15.0 Å². The van der Waals surface area contributed by atoms with Crippen LogP contribution >= 0.6 is 0 Å². The lowest BCUT2D eigenvalue weighted by Gasteiger charge is -2.08. The second-order valence-electron chi connectivity index (χ2n) is 5.60. The second kappa shape index (κ2) is 4.74. The summed E-state index contributed by atoms with van der Waals surface area (Å²) >= 11 is 0. The van der Waals surface area contributed by atoms with Crippen LogP contribution in [-0.2, 0) is 15.6 Å². The summed E-state index contributed by atoms with van der Waals surface area (Å²) in [5, 5.41) is 0.208. The maximum Gasteiger partial charge on any atom is 0.228 e. The van der Waals surface area contributed by atoms with Gasteiger partial charge in [0, 0.05) is 18.4 Å². The number of hydrogen-bond acceptors (Lipinski definition) is 3. The van der Waals surface area contributed by atoms with Crippen molar-refractivity contribution in [3.63, 3.8) is 0 Å². The van der Waals surface area contributed by atoms with Crippen LogP contribution in [0.25, 0.3) is 0 Å². The predicted octanol–water partition coefficient (Wildman–Crippen LogP) is 2.81. The Hall–Kier alpha value is -1.62. The van der Waals surface area contributed by atoms with E-state index in [4.69, 9.17) is 0 Å². The van der Waals surface area contributed by atoms with Crippen LogP contribution in [0.2, 0.25) is 0 Å². The van der Waals surface area contributed by atoms with Crippen LogP contribution in [0.15, 0.2) is 35.7 Å². The maximum absolute atomic E-state index is 12.6. The van der Waals surface area contributed by atoms with Gasteiger partial charge < -0.3 is 4.57 Å². The van der Waals surface area contributed by atoms with Crippen LogP contribution < -0.4 is 0 Å². The summed E-state index contributed by atoms with van der Waals surface area (Å²) in [5.74, 6) is 0.0131. The third-order valence-electron chi connectivity index (χ3n) is 3.49. The molecule has 4 nitrogen and oxygen atoms in total. The fourth-order valence-corrected chi connectivity index (χ4v) is 4.09. The maximum atomic E-state index is 12.6. The lowest BCUT2D eigenvalue weighted by atomic mass is 10.1. The molecule has 1 aromatic heterocycles. The topological polar surface area (TPSA) is 52.0 Å². The van der Waals surface area contributed by atoms with E-state index in [2.05, 4.69) is 4.98 Å². The van der Waals surface area contributed by atoms with Crippen molar-refractivity contribution in [2.45, 2.75) is 43.6 Å². The normalized spacial score (nSPS) is 15.5. The van der Waals surface area contributed by atoms with Gasteiger partial charge in [0.05, 0.1) is 5.75 Å². The molecule has 0 unspecified atom stereocenters. The number of imidazole rings is 1. The third kappa shape index (κ3) is 2.63. The molecule has 0 bridgehead atoms. The quantitative estimate of drug-likeness (QED) is 0.870. The van der Waals surface area contributed by atoms with Gasteiger partial charge in [-0.1, -0.05) is 29.3 Å². The molecule has 1 heterocycles. The van der Waals surface area contributed by atoms with Gasteiger partial charge in [0.15, 0.2) is 0 Å². The molecule has 0 amide bonds. The monoisotopic (exact) mass is 290 g/mol. The molecule has 0 spiro atoms. The molecule has 3 rings (SSSR count). The van der Waals surface area contributed by atoms with Gasteiger partial charge in [-0.05, 0) is 32.3 Å². The number of aryl methyl sites for hydroxylation is 2. The van der Waals surface area contributed by atoms with Crippen LogP contribution in [0.5, 0.6) is 0 Å². The Morgan fingerprint density at radius 1 is 1.20 bits per heavy atom. The lowest BCUT2D eigenvalue weighted by molar-refractivity contribution is 0.564. The van der Waals surface area contributed by atoms with Gasteiger partial charge in [-0.15, -0.1) is 0 Å². The number of aromatic nitrogens is 2. The van der Waals surface area contributed by atoms with Crippen molar-refractivity contribution in [3.05, 3.63) is 47.3 Å². The molecule has 1 fully saturated rings. The molecule has 1 aliphatic rings. The summed E-state index contributed by atoms with van der Waals surface area (Å²) in [6.45, 7) is 3.96. The second-order valence-corrected chi connectivity index (χ2v) is 7.49. The van der Waals surface area contributed by atoms with Gasteiger partial charge in [-0.25, -0.2) is 13.4 Å². The van der Waals surface area contributed by atoms with E-state index in [1.165, 1.54) is 0 Å². The highest BCUT2D eigenvalue weighted by Gasteiger charge is 2.30. The summed E-state index contributed by atoms with van der Waals surface area (Å²) in [5.41, 5.74) is 2.99. The zero-order chi connectivity index (χ0) is 14.3. The van der Waals surface area contributed by atoms with E-state index in [9.17, 15) is 8.42 Å². The van der Waals surface area contributed by atoms with Crippen molar-refractivity contribution >= 4 is 9.84 Å². The van der Waals surface area contributed by atoms with Crippen molar-refractivity contribution in [2.75, 3.05) is 0 Å². The molecular formula is C15H18N2O2S. The molecule has 1 aromatic carbocycles. The van der Waals surface area contributed by atoms with E-state index < -0.39 is 9.84 Å². The first-order valence-electron chi connectivity index (χ1n) is 6.78. The molecule has 0 aliphatic heterocycles. The Balaban J connectivity index is 1.93. The molecule has 0 radical (unpaired) electrons. The van der Waals surface area contributed by atoms with Crippen molar-refractivity contribution in [2.24, 2.45) is 0 Å². The van der Waals surface area contributed by atoms with Gasteiger partial charge in [-0.3, -0.25) is 0 Å². The zero-order valence-corrected chi connectivity index (χ0v) is 12.5. The average molecular weight is 290 g/mol. The molecule has 20 heavy (non-hydrogen) atoms. The molecular weight excluding hydrogens is 272 g/mol. The minimum Gasteiger partial charge on any atom is -0.319 e. The van der Waals surface area contributed by atoms with Crippen molar-refractivity contribution in [1.29, 1.82) is 0 Å². The van der Waals surface area contributed by atoms with E-state index >= 15 is 0 Å². The third-order valence-corrected chi connectivity index (χ3v) is 5.08. The standard InChI is InChI=1S/C15H18N2O2S/c1-11-7-12(2)9-13(8-11)10-20(18,19)15-16-5-6-17(15)14-3-4-14/h5-9,14H,3-4,10H2,1-2H3. The van der Waals surface area contributed by atoms with Crippen LogP contribution in [0.4, 0.5) is 0 Å². The highest BCUT2D eigenvalue weighted by Crippen LogP contribution is 2.36. The molecule has 0 N–H and O–H groups in total. The number of nitrogens with zero attached hydrogens (tertiary/aromatic N) is 2. The van der Waals surface area contributed by atoms with E-state index in [-0.39, 0.29) is 10.9 Å². The highest BCUT2D eigenvalue weighted by molar-refractivity contribution is 7.90. The van der Waals surface area contributed by atoms with E-state index in [1.54, 1.807) is 17.0 Å². The number of rotatable bonds is 4. The Labute approximate surface area is 119 Å². The lowest BCUT2D eigenvalue weighted by Crippen LogP contribution is -2.12. The van der Waals surface area contributed by atoms with Gasteiger partial charge in [0.1, 0.15) is 0 Å². The molecule has 106 valence electrons. The summed E-state index contributed by atoms with van der Waals surface area (Å²) < 4.78 is 26.9. The molecule has 1 aliphatic carbocycles. The zero-order valence-electron chi connectivity index (χ0n) is 11.7. The first-order chi connectivity index (χ1) is 9.45. The summed E-state index contributed by atoms with van der Waals surface area (Å²) in [6.07, 6.45) is 5.43. The van der Waals surface area contributed by atoms with Crippen molar-refractivity contribution in [1.82, 2.24) is 9.55 Å². The van der Waals surface area contributed by atoms with Gasteiger partial charge >= 0.3 is 0 Å². The molecule has 5 heteroatoms. The fourth-order valence-electron chi connectivity index (χ4n) is 2.61. The van der Waals surface area contributed by atoms with Gasteiger partial charge in [0.25, 0.3) is 0 Å². The predicted molar refractivity (Wildman–Crippen MR) is 77.3 cm³/mol. The van der Waals surface area contributed by atoms with E-state index in [1.807, 2.05) is 32.0 Å².